The summed E-state index contributed by atoms with van der Waals surface area (Å²) in [7, 11) is 0. The van der Waals surface area contributed by atoms with E-state index in [4.69, 9.17) is 5.73 Å². The number of thiazole rings is 1. The highest BCUT2D eigenvalue weighted by molar-refractivity contribution is 7.13. The number of aromatic nitrogens is 1. The van der Waals surface area contributed by atoms with Gasteiger partial charge in [0.05, 0.1) is 28.2 Å². The lowest BCUT2D eigenvalue weighted by atomic mass is 10.1. The van der Waals surface area contributed by atoms with Crippen molar-refractivity contribution in [2.24, 2.45) is 5.73 Å². The number of benzene rings is 1. The van der Waals surface area contributed by atoms with Gasteiger partial charge in [-0.05, 0) is 25.0 Å². The minimum Gasteiger partial charge on any atom is -0.391 e. The van der Waals surface area contributed by atoms with Crippen LogP contribution in [0.25, 0.3) is 10.4 Å². The number of amides is 2. The van der Waals surface area contributed by atoms with Gasteiger partial charge in [-0.1, -0.05) is 24.3 Å². The molecular weight excluding hydrogens is 400 g/mol. The lowest BCUT2D eigenvalue weighted by Crippen LogP contribution is -2.50. The van der Waals surface area contributed by atoms with Gasteiger partial charge < -0.3 is 21.1 Å². The number of nitrogens with one attached hydrogen (secondary N) is 1. The zero-order valence-electron chi connectivity index (χ0n) is 15.8. The highest BCUT2D eigenvalue weighted by Gasteiger charge is 2.39. The van der Waals surface area contributed by atoms with Crippen LogP contribution in [0.1, 0.15) is 24.6 Å². The number of aliphatic hydroxyl groups is 1. The number of nitrogens with zero attached hydrogens (tertiary/aromatic N) is 2. The summed E-state index contributed by atoms with van der Waals surface area (Å²) in [5.41, 5.74) is 10.5. The Kier molecular flexibility index (Phi) is 7.54. The molecule has 3 rings (SSSR count). The van der Waals surface area contributed by atoms with E-state index in [0.29, 0.717) is 6.54 Å². The lowest BCUT2D eigenvalue weighted by Gasteiger charge is -2.25. The molecule has 1 fully saturated rings. The first-order chi connectivity index (χ1) is 12.9. The van der Waals surface area contributed by atoms with Gasteiger partial charge in [-0.3, -0.25) is 9.59 Å². The molecule has 1 aromatic carbocycles. The van der Waals surface area contributed by atoms with Crippen LogP contribution in [0.3, 0.4) is 0 Å². The van der Waals surface area contributed by atoms with Crippen LogP contribution in [-0.4, -0.2) is 51.5 Å². The summed E-state index contributed by atoms with van der Waals surface area (Å²) in [6, 6.07) is 6.55. The second kappa shape index (κ2) is 9.47. The van der Waals surface area contributed by atoms with Crippen molar-refractivity contribution in [1.29, 1.82) is 0 Å². The van der Waals surface area contributed by atoms with Gasteiger partial charge in [0, 0.05) is 19.5 Å². The molecule has 0 bridgehead atoms. The Labute approximate surface area is 174 Å². The van der Waals surface area contributed by atoms with Crippen molar-refractivity contribution in [3.05, 3.63) is 41.0 Å². The predicted molar refractivity (Wildman–Crippen MR) is 111 cm³/mol. The second-order valence-electron chi connectivity index (χ2n) is 6.87. The number of aliphatic hydroxyl groups excluding tert-OH is 1. The minimum atomic E-state index is -0.703. The fourth-order valence-corrected chi connectivity index (χ4v) is 4.04. The quantitative estimate of drug-likeness (QED) is 0.673. The maximum absolute atomic E-state index is 12.5. The van der Waals surface area contributed by atoms with Gasteiger partial charge in [0.25, 0.3) is 0 Å². The van der Waals surface area contributed by atoms with E-state index in [1.807, 2.05) is 36.7 Å². The maximum Gasteiger partial charge on any atom is 0.243 e. The normalized spacial score (nSPS) is 19.8. The molecule has 1 aliphatic rings. The molecule has 2 aromatic rings. The number of β-amino-alcohol motifs (C(OH)–C–C–N with tert-alkyl or cyclic N) is 1. The molecule has 1 aliphatic heterocycles. The first-order valence-corrected chi connectivity index (χ1v) is 9.76. The molecule has 0 spiro atoms. The minimum absolute atomic E-state index is 0. The van der Waals surface area contributed by atoms with Crippen LogP contribution in [0.5, 0.6) is 0 Å². The standard InChI is InChI=1S/C19H24N4O3S.ClH/c1-11(20)19(26)23-9-15(24)7-16(23)18(25)21-8-13-3-5-14(6-4-13)17-12(2)22-10-27-17;/h3-6,10-11,15-16,24H,7-9,20H2,1-2H3,(H,21,25);1H/t11-,15+,16?;/m0./s1. The Morgan fingerprint density at radius 2 is 2.07 bits per heavy atom. The summed E-state index contributed by atoms with van der Waals surface area (Å²) < 4.78 is 0. The Balaban J connectivity index is 0.00000280. The van der Waals surface area contributed by atoms with Crippen molar-refractivity contribution in [1.82, 2.24) is 15.2 Å². The molecule has 7 nitrogen and oxygen atoms in total. The molecule has 0 radical (unpaired) electrons. The first kappa shape index (κ1) is 22.3. The summed E-state index contributed by atoms with van der Waals surface area (Å²) in [5.74, 6) is -0.598. The van der Waals surface area contributed by atoms with E-state index in [0.717, 1.165) is 21.7 Å². The number of nitrogens with two attached hydrogens (primary N) is 1. The number of rotatable bonds is 5. The van der Waals surface area contributed by atoms with E-state index in [1.54, 1.807) is 18.3 Å². The number of halogens is 1. The number of carbonyl (C=O) groups is 2. The van der Waals surface area contributed by atoms with Gasteiger partial charge in [0.1, 0.15) is 6.04 Å². The van der Waals surface area contributed by atoms with E-state index >= 15 is 0 Å². The third kappa shape index (κ3) is 4.88. The van der Waals surface area contributed by atoms with Gasteiger partial charge in [-0.2, -0.15) is 0 Å². The summed E-state index contributed by atoms with van der Waals surface area (Å²) in [4.78, 5) is 31.5. The maximum atomic E-state index is 12.5. The topological polar surface area (TPSA) is 109 Å². The summed E-state index contributed by atoms with van der Waals surface area (Å²) in [5, 5.41) is 12.7. The molecule has 4 N–H and O–H groups in total. The fourth-order valence-electron chi connectivity index (χ4n) is 3.23. The molecular formula is C19H25ClN4O3S. The van der Waals surface area contributed by atoms with Crippen LogP contribution in [0.15, 0.2) is 29.8 Å². The van der Waals surface area contributed by atoms with Gasteiger partial charge in [0.15, 0.2) is 0 Å². The highest BCUT2D eigenvalue weighted by Crippen LogP contribution is 2.27. The van der Waals surface area contributed by atoms with Crippen LogP contribution in [0, 0.1) is 6.92 Å². The molecule has 1 saturated heterocycles. The van der Waals surface area contributed by atoms with Crippen molar-refractivity contribution in [2.45, 2.75) is 45.0 Å². The predicted octanol–water partition coefficient (Wildman–Crippen LogP) is 1.47. The first-order valence-electron chi connectivity index (χ1n) is 8.88. The van der Waals surface area contributed by atoms with Crippen molar-refractivity contribution in [3.8, 4) is 10.4 Å². The molecule has 2 amide bonds. The van der Waals surface area contributed by atoms with Crippen molar-refractivity contribution in [3.63, 3.8) is 0 Å². The van der Waals surface area contributed by atoms with Gasteiger partial charge >= 0.3 is 0 Å². The van der Waals surface area contributed by atoms with Crippen molar-refractivity contribution in [2.75, 3.05) is 6.54 Å². The average molecular weight is 425 g/mol. The van der Waals surface area contributed by atoms with Crippen molar-refractivity contribution < 1.29 is 14.7 Å². The monoisotopic (exact) mass is 424 g/mol. The highest BCUT2D eigenvalue weighted by atomic mass is 35.5. The molecule has 2 heterocycles. The van der Waals surface area contributed by atoms with Crippen LogP contribution < -0.4 is 11.1 Å². The number of likely N-dealkylation sites (tertiary alicyclic amines) is 1. The van der Waals surface area contributed by atoms with E-state index < -0.39 is 18.2 Å². The Hall–Kier alpha value is -2.00. The van der Waals surface area contributed by atoms with Crippen LogP contribution in [-0.2, 0) is 16.1 Å². The lowest BCUT2D eigenvalue weighted by molar-refractivity contribution is -0.139. The second-order valence-corrected chi connectivity index (χ2v) is 7.72. The Bertz CT molecular complexity index is 825. The number of carbonyl (C=O) groups excluding carboxylic acids is 2. The summed E-state index contributed by atoms with van der Waals surface area (Å²) in [6.45, 7) is 4.05. The Morgan fingerprint density at radius 1 is 1.39 bits per heavy atom. The third-order valence-corrected chi connectivity index (χ3v) is 5.66. The van der Waals surface area contributed by atoms with Gasteiger partial charge in [-0.25, -0.2) is 4.98 Å². The average Bonchev–Trinajstić information content (AvgIpc) is 3.25. The van der Waals surface area contributed by atoms with E-state index in [2.05, 4.69) is 10.3 Å². The third-order valence-electron chi connectivity index (χ3n) is 4.68. The largest absolute Gasteiger partial charge is 0.391 e. The van der Waals surface area contributed by atoms with Gasteiger partial charge in [-0.15, -0.1) is 23.7 Å². The molecule has 152 valence electrons. The molecule has 9 heteroatoms. The molecule has 1 aromatic heterocycles. The number of aryl methyl sites for hydroxylation is 1. The number of hydrogen-bond acceptors (Lipinski definition) is 6. The SMILES string of the molecule is Cc1ncsc1-c1ccc(CNC(=O)C2C[C@@H](O)CN2C(=O)[C@H](C)N)cc1.Cl. The van der Waals surface area contributed by atoms with E-state index in [-0.39, 0.29) is 37.2 Å². The molecule has 1 unspecified atom stereocenters. The Morgan fingerprint density at radius 3 is 2.64 bits per heavy atom. The van der Waals surface area contributed by atoms with Crippen LogP contribution >= 0.6 is 23.7 Å². The summed E-state index contributed by atoms with van der Waals surface area (Å²) >= 11 is 1.60. The van der Waals surface area contributed by atoms with E-state index in [9.17, 15) is 14.7 Å². The molecule has 3 atom stereocenters. The van der Waals surface area contributed by atoms with Crippen LogP contribution in [0.2, 0.25) is 0 Å². The van der Waals surface area contributed by atoms with Crippen LogP contribution in [0.4, 0.5) is 0 Å². The van der Waals surface area contributed by atoms with Crippen molar-refractivity contribution >= 4 is 35.6 Å². The molecule has 0 saturated carbocycles. The summed E-state index contributed by atoms with van der Waals surface area (Å²) in [6.07, 6.45) is -0.473. The zero-order valence-corrected chi connectivity index (χ0v) is 17.4. The van der Waals surface area contributed by atoms with Gasteiger partial charge in [0.2, 0.25) is 11.8 Å². The molecule has 0 aliphatic carbocycles. The van der Waals surface area contributed by atoms with E-state index in [1.165, 1.54) is 4.90 Å². The zero-order chi connectivity index (χ0) is 19.6. The number of hydrogen-bond donors (Lipinski definition) is 3. The smallest absolute Gasteiger partial charge is 0.243 e. The fraction of sp³-hybridized carbons (Fsp3) is 0.421. The molecule has 28 heavy (non-hydrogen) atoms.